The number of anilines is 2. The Kier molecular flexibility index (Phi) is 5.64. The molecule has 2 aromatic carbocycles. The van der Waals surface area contributed by atoms with E-state index in [0.29, 0.717) is 11.4 Å². The van der Waals surface area contributed by atoms with E-state index in [0.717, 1.165) is 11.1 Å². The van der Waals surface area contributed by atoms with Crippen LogP contribution < -0.4 is 9.62 Å². The molecule has 1 N–H and O–H groups in total. The Morgan fingerprint density at radius 3 is 2.32 bits per heavy atom. The van der Waals surface area contributed by atoms with Gasteiger partial charge in [-0.15, -0.1) is 6.58 Å². The van der Waals surface area contributed by atoms with Crippen LogP contribution in [-0.2, 0) is 14.8 Å². The van der Waals surface area contributed by atoms with Gasteiger partial charge in [0, 0.05) is 12.6 Å². The molecule has 0 radical (unpaired) electrons. The van der Waals surface area contributed by atoms with Crippen molar-refractivity contribution in [3.8, 4) is 0 Å². The van der Waals surface area contributed by atoms with Crippen molar-refractivity contribution in [1.29, 1.82) is 0 Å². The van der Waals surface area contributed by atoms with Gasteiger partial charge in [-0.05, 0) is 49.7 Å². The average Bonchev–Trinajstić information content (AvgIpc) is 2.53. The highest BCUT2D eigenvalue weighted by molar-refractivity contribution is 7.92. The first kappa shape index (κ1) is 18.7. The summed E-state index contributed by atoms with van der Waals surface area (Å²) in [5, 5.41) is 2.62. The number of benzene rings is 2. The maximum atomic E-state index is 13.1. The molecule has 6 heteroatoms. The van der Waals surface area contributed by atoms with Crippen LogP contribution in [0, 0.1) is 13.8 Å². The molecule has 0 aromatic heterocycles. The average molecular weight is 358 g/mol. The second kappa shape index (κ2) is 7.53. The monoisotopic (exact) mass is 358 g/mol. The quantitative estimate of drug-likeness (QED) is 0.802. The Morgan fingerprint density at radius 2 is 1.80 bits per heavy atom. The zero-order valence-corrected chi connectivity index (χ0v) is 15.4. The van der Waals surface area contributed by atoms with Gasteiger partial charge in [-0.25, -0.2) is 8.42 Å². The number of nitrogens with one attached hydrogen (secondary N) is 1. The molecule has 0 fully saturated rings. The Balaban J connectivity index is 2.45. The molecule has 0 atom stereocenters. The van der Waals surface area contributed by atoms with E-state index < -0.39 is 10.0 Å². The first-order chi connectivity index (χ1) is 11.8. The summed E-state index contributed by atoms with van der Waals surface area (Å²) in [6, 6.07) is 11.7. The number of rotatable bonds is 6. The zero-order chi connectivity index (χ0) is 18.6. The number of hydrogen-bond donors (Lipinski definition) is 1. The summed E-state index contributed by atoms with van der Waals surface area (Å²) in [5.41, 5.74) is 3.11. The molecule has 0 spiro atoms. The van der Waals surface area contributed by atoms with Gasteiger partial charge in [-0.1, -0.05) is 23.8 Å². The van der Waals surface area contributed by atoms with Crippen LogP contribution in [0.3, 0.4) is 0 Å². The first-order valence-electron chi connectivity index (χ1n) is 7.84. The highest BCUT2D eigenvalue weighted by atomic mass is 32.2. The molecule has 0 unspecified atom stereocenters. The summed E-state index contributed by atoms with van der Waals surface area (Å²) >= 11 is 0. The molecule has 0 saturated carbocycles. The van der Waals surface area contributed by atoms with E-state index in [9.17, 15) is 13.2 Å². The summed E-state index contributed by atoms with van der Waals surface area (Å²) in [5.74, 6) is -0.209. The van der Waals surface area contributed by atoms with Crippen molar-refractivity contribution in [3.63, 3.8) is 0 Å². The molecular weight excluding hydrogens is 336 g/mol. The molecule has 1 amide bonds. The minimum absolute atomic E-state index is 0.156. The lowest BCUT2D eigenvalue weighted by Gasteiger charge is -2.25. The van der Waals surface area contributed by atoms with Crippen LogP contribution in [0.2, 0.25) is 0 Å². The fraction of sp³-hybridized carbons (Fsp3) is 0.211. The Bertz CT molecular complexity index is 887. The van der Waals surface area contributed by atoms with E-state index in [1.807, 2.05) is 26.0 Å². The molecule has 0 aliphatic heterocycles. The molecule has 132 valence electrons. The van der Waals surface area contributed by atoms with Gasteiger partial charge < -0.3 is 5.32 Å². The lowest BCUT2D eigenvalue weighted by atomic mass is 10.1. The highest BCUT2D eigenvalue weighted by Crippen LogP contribution is 2.28. The first-order valence-corrected chi connectivity index (χ1v) is 9.28. The predicted octanol–water partition coefficient (Wildman–Crippen LogP) is 3.64. The normalized spacial score (nSPS) is 11.0. The molecular formula is C19H22N2O3S. The molecule has 5 nitrogen and oxygen atoms in total. The molecule has 0 aliphatic rings. The number of nitrogens with zero attached hydrogens (tertiary/aromatic N) is 1. The van der Waals surface area contributed by atoms with Gasteiger partial charge in [-0.2, -0.15) is 0 Å². The lowest BCUT2D eigenvalue weighted by molar-refractivity contribution is -0.114. The summed E-state index contributed by atoms with van der Waals surface area (Å²) in [4.78, 5) is 11.2. The number of sulfonamides is 1. The molecule has 0 saturated heterocycles. The Labute approximate surface area is 149 Å². The van der Waals surface area contributed by atoms with Crippen LogP contribution in [0.25, 0.3) is 0 Å². The van der Waals surface area contributed by atoms with E-state index in [2.05, 4.69) is 11.9 Å². The maximum absolute atomic E-state index is 13.1. The third kappa shape index (κ3) is 4.28. The van der Waals surface area contributed by atoms with Crippen LogP contribution in [0.4, 0.5) is 11.4 Å². The van der Waals surface area contributed by atoms with Crippen LogP contribution in [-0.4, -0.2) is 20.9 Å². The van der Waals surface area contributed by atoms with Crippen LogP contribution in [0.15, 0.2) is 60.0 Å². The Hall–Kier alpha value is -2.60. The third-order valence-corrected chi connectivity index (χ3v) is 5.47. The number of carbonyl (C=O) groups excluding carboxylic acids is 1. The van der Waals surface area contributed by atoms with Gasteiger partial charge in [0.1, 0.15) is 0 Å². The van der Waals surface area contributed by atoms with Crippen molar-refractivity contribution in [2.24, 2.45) is 0 Å². The molecule has 2 rings (SSSR count). The zero-order valence-electron chi connectivity index (χ0n) is 14.6. The number of carbonyl (C=O) groups is 1. The second-order valence-corrected chi connectivity index (χ2v) is 7.68. The highest BCUT2D eigenvalue weighted by Gasteiger charge is 2.25. The smallest absolute Gasteiger partial charge is 0.264 e. The van der Waals surface area contributed by atoms with Crippen LogP contribution >= 0.6 is 0 Å². The number of amides is 1. The van der Waals surface area contributed by atoms with Gasteiger partial charge >= 0.3 is 0 Å². The van der Waals surface area contributed by atoms with Crippen molar-refractivity contribution in [2.75, 3.05) is 16.2 Å². The summed E-state index contributed by atoms with van der Waals surface area (Å²) in [7, 11) is -3.75. The minimum atomic E-state index is -3.75. The predicted molar refractivity (Wildman–Crippen MR) is 101 cm³/mol. The molecule has 2 aromatic rings. The van der Waals surface area contributed by atoms with Crippen molar-refractivity contribution < 1.29 is 13.2 Å². The fourth-order valence-corrected chi connectivity index (χ4v) is 4.07. The number of aryl methyl sites for hydroxylation is 2. The Morgan fingerprint density at radius 1 is 1.16 bits per heavy atom. The van der Waals surface area contributed by atoms with Gasteiger partial charge in [0.2, 0.25) is 5.91 Å². The summed E-state index contributed by atoms with van der Waals surface area (Å²) < 4.78 is 27.5. The van der Waals surface area contributed by atoms with Crippen molar-refractivity contribution in [1.82, 2.24) is 0 Å². The van der Waals surface area contributed by atoms with Crippen molar-refractivity contribution >= 4 is 27.3 Å². The van der Waals surface area contributed by atoms with Gasteiger partial charge in [0.05, 0.1) is 17.1 Å². The largest absolute Gasteiger partial charge is 0.326 e. The van der Waals surface area contributed by atoms with Crippen molar-refractivity contribution in [2.45, 2.75) is 25.7 Å². The fourth-order valence-electron chi connectivity index (χ4n) is 2.57. The minimum Gasteiger partial charge on any atom is -0.326 e. The van der Waals surface area contributed by atoms with Gasteiger partial charge in [0.25, 0.3) is 10.0 Å². The van der Waals surface area contributed by atoms with Gasteiger partial charge in [0.15, 0.2) is 0 Å². The topological polar surface area (TPSA) is 66.5 Å². The third-order valence-electron chi connectivity index (χ3n) is 3.68. The lowest BCUT2D eigenvalue weighted by Crippen LogP contribution is -2.31. The second-order valence-electron chi connectivity index (χ2n) is 5.82. The molecule has 0 bridgehead atoms. The van der Waals surface area contributed by atoms with E-state index in [1.54, 1.807) is 24.3 Å². The van der Waals surface area contributed by atoms with Crippen molar-refractivity contribution in [3.05, 3.63) is 66.2 Å². The summed E-state index contributed by atoms with van der Waals surface area (Å²) in [6.07, 6.45) is 1.56. The molecule has 25 heavy (non-hydrogen) atoms. The standard InChI is InChI=1S/C19H22N2O3S/c1-5-12-21(19-11-6-14(2)13-15(19)3)25(23,24)18-9-7-17(8-10-18)20-16(4)22/h5-11,13H,1,12H2,2-4H3,(H,20,22). The van der Waals surface area contributed by atoms with Gasteiger partial charge in [-0.3, -0.25) is 9.10 Å². The van der Waals surface area contributed by atoms with Crippen LogP contribution in [0.5, 0.6) is 0 Å². The number of hydrogen-bond acceptors (Lipinski definition) is 3. The van der Waals surface area contributed by atoms with E-state index >= 15 is 0 Å². The SMILES string of the molecule is C=CCN(c1ccc(C)cc1C)S(=O)(=O)c1ccc(NC(C)=O)cc1. The van der Waals surface area contributed by atoms with E-state index in [4.69, 9.17) is 0 Å². The maximum Gasteiger partial charge on any atom is 0.264 e. The van der Waals surface area contributed by atoms with Crippen LogP contribution in [0.1, 0.15) is 18.1 Å². The van der Waals surface area contributed by atoms with E-state index in [1.165, 1.54) is 23.4 Å². The van der Waals surface area contributed by atoms with E-state index in [-0.39, 0.29) is 17.3 Å². The molecule has 0 heterocycles. The molecule has 0 aliphatic carbocycles. The summed E-state index contributed by atoms with van der Waals surface area (Å²) in [6.45, 7) is 9.08.